The Hall–Kier alpha value is -1.10. The van der Waals surface area contributed by atoms with Gasteiger partial charge in [0, 0.05) is 18.0 Å². The van der Waals surface area contributed by atoms with Gasteiger partial charge in [-0.3, -0.25) is 0 Å². The van der Waals surface area contributed by atoms with Gasteiger partial charge < -0.3 is 11.1 Å². The Morgan fingerprint density at radius 2 is 1.95 bits per heavy atom. The molecule has 20 heavy (non-hydrogen) atoms. The third kappa shape index (κ3) is 2.55. The Bertz CT molecular complexity index is 447. The molecular weight excluding hydrogens is 250 g/mol. The van der Waals surface area contributed by atoms with Gasteiger partial charge in [0.1, 0.15) is 0 Å². The lowest BCUT2D eigenvalue weighted by Crippen LogP contribution is -2.32. The summed E-state index contributed by atoms with van der Waals surface area (Å²) < 4.78 is 2.13. The first-order valence-electron chi connectivity index (χ1n) is 8.19. The fourth-order valence-corrected chi connectivity index (χ4v) is 3.52. The Labute approximate surface area is 121 Å². The predicted octanol–water partition coefficient (Wildman–Crippen LogP) is 2.81. The van der Waals surface area contributed by atoms with Gasteiger partial charge in [0.05, 0.1) is 6.04 Å². The quantitative estimate of drug-likeness (QED) is 0.891. The number of hydrogen-bond acceptors (Lipinski definition) is 4. The van der Waals surface area contributed by atoms with E-state index < -0.39 is 0 Å². The van der Waals surface area contributed by atoms with Crippen LogP contribution in [0.4, 0.5) is 5.95 Å². The molecule has 5 heteroatoms. The van der Waals surface area contributed by atoms with Crippen LogP contribution in [0.5, 0.6) is 0 Å². The molecule has 112 valence electrons. The summed E-state index contributed by atoms with van der Waals surface area (Å²) >= 11 is 0. The van der Waals surface area contributed by atoms with Crippen molar-refractivity contribution < 1.29 is 0 Å². The molecule has 1 aliphatic heterocycles. The second-order valence-electron chi connectivity index (χ2n) is 6.40. The zero-order valence-corrected chi connectivity index (χ0v) is 12.7. The van der Waals surface area contributed by atoms with E-state index in [1.54, 1.807) is 0 Å². The molecule has 1 aromatic rings. The number of nitrogens with zero attached hydrogens (tertiary/aromatic N) is 3. The zero-order valence-electron chi connectivity index (χ0n) is 12.7. The smallest absolute Gasteiger partial charge is 0.221 e. The molecule has 0 radical (unpaired) electrons. The lowest BCUT2D eigenvalue weighted by molar-refractivity contribution is 0.351. The summed E-state index contributed by atoms with van der Waals surface area (Å²) in [5.74, 6) is 2.53. The molecule has 5 nitrogen and oxygen atoms in total. The summed E-state index contributed by atoms with van der Waals surface area (Å²) in [6.45, 7) is 4.48. The topological polar surface area (TPSA) is 68.8 Å². The molecule has 1 aliphatic carbocycles. The van der Waals surface area contributed by atoms with Crippen LogP contribution in [-0.4, -0.2) is 26.8 Å². The average Bonchev–Trinajstić information content (AvgIpc) is 2.90. The number of anilines is 1. The Balaban J connectivity index is 1.80. The third-order valence-corrected chi connectivity index (χ3v) is 4.98. The van der Waals surface area contributed by atoms with E-state index in [0.29, 0.717) is 24.0 Å². The minimum atomic E-state index is 0.384. The summed E-state index contributed by atoms with van der Waals surface area (Å²) in [6.07, 6.45) is 7.93. The molecule has 1 fully saturated rings. The van der Waals surface area contributed by atoms with Crippen molar-refractivity contribution in [2.24, 2.45) is 5.73 Å². The molecule has 0 aromatic carbocycles. The van der Waals surface area contributed by atoms with E-state index >= 15 is 0 Å². The second-order valence-corrected chi connectivity index (χ2v) is 6.40. The first kappa shape index (κ1) is 13.9. The van der Waals surface area contributed by atoms with Crippen LogP contribution >= 0.6 is 0 Å². The molecule has 3 N–H and O–H groups in total. The number of hydrogen-bond donors (Lipinski definition) is 2. The van der Waals surface area contributed by atoms with E-state index in [2.05, 4.69) is 23.8 Å². The number of fused-ring (bicyclic) bond motifs is 1. The van der Waals surface area contributed by atoms with Crippen LogP contribution in [0.25, 0.3) is 0 Å². The van der Waals surface area contributed by atoms with E-state index in [-0.39, 0.29) is 0 Å². The van der Waals surface area contributed by atoms with Crippen molar-refractivity contribution >= 4 is 5.95 Å². The molecule has 2 heterocycles. The monoisotopic (exact) mass is 277 g/mol. The Morgan fingerprint density at radius 3 is 2.60 bits per heavy atom. The number of nitrogens with two attached hydrogens (primary N) is 1. The standard InChI is InChI=1S/C15H27N5/c1-3-12-9-13(4-2)20-15(17-12)18-14(19-20)10-5-7-11(16)8-6-10/h10-13H,3-9,16H2,1-2H3,(H,17,18,19). The van der Waals surface area contributed by atoms with Gasteiger partial charge in [0.2, 0.25) is 5.95 Å². The van der Waals surface area contributed by atoms with Gasteiger partial charge in [0.25, 0.3) is 0 Å². The lowest BCUT2D eigenvalue weighted by Gasteiger charge is -2.29. The van der Waals surface area contributed by atoms with Gasteiger partial charge in [-0.25, -0.2) is 4.68 Å². The molecular formula is C15H27N5. The fourth-order valence-electron chi connectivity index (χ4n) is 3.52. The highest BCUT2D eigenvalue weighted by molar-refractivity contribution is 5.31. The zero-order chi connectivity index (χ0) is 14.1. The van der Waals surface area contributed by atoms with Crippen molar-refractivity contribution in [3.05, 3.63) is 5.82 Å². The van der Waals surface area contributed by atoms with Gasteiger partial charge in [-0.05, 0) is 44.9 Å². The van der Waals surface area contributed by atoms with E-state index in [9.17, 15) is 0 Å². The summed E-state index contributed by atoms with van der Waals surface area (Å²) in [4.78, 5) is 4.80. The van der Waals surface area contributed by atoms with Crippen LogP contribution in [0, 0.1) is 0 Å². The third-order valence-electron chi connectivity index (χ3n) is 4.98. The maximum atomic E-state index is 5.99. The highest BCUT2D eigenvalue weighted by Crippen LogP contribution is 2.34. The van der Waals surface area contributed by atoms with Gasteiger partial charge in [-0.15, -0.1) is 0 Å². The van der Waals surface area contributed by atoms with Gasteiger partial charge in [-0.2, -0.15) is 10.1 Å². The van der Waals surface area contributed by atoms with E-state index in [0.717, 1.165) is 50.3 Å². The largest absolute Gasteiger partial charge is 0.352 e. The number of aromatic nitrogens is 3. The van der Waals surface area contributed by atoms with Crippen molar-refractivity contribution in [2.45, 2.75) is 82.8 Å². The van der Waals surface area contributed by atoms with Crippen LogP contribution in [0.15, 0.2) is 0 Å². The fraction of sp³-hybridized carbons (Fsp3) is 0.867. The van der Waals surface area contributed by atoms with Crippen molar-refractivity contribution in [2.75, 3.05) is 5.32 Å². The van der Waals surface area contributed by atoms with Crippen LogP contribution < -0.4 is 11.1 Å². The predicted molar refractivity (Wildman–Crippen MR) is 80.9 cm³/mol. The number of nitrogens with one attached hydrogen (secondary N) is 1. The van der Waals surface area contributed by atoms with Gasteiger partial charge in [0.15, 0.2) is 5.82 Å². The molecule has 0 saturated heterocycles. The van der Waals surface area contributed by atoms with Crippen LogP contribution in [-0.2, 0) is 0 Å². The highest BCUT2D eigenvalue weighted by atomic mass is 15.4. The summed E-state index contributed by atoms with van der Waals surface area (Å²) in [6, 6.07) is 1.43. The average molecular weight is 277 g/mol. The molecule has 1 aromatic heterocycles. The van der Waals surface area contributed by atoms with Gasteiger partial charge >= 0.3 is 0 Å². The van der Waals surface area contributed by atoms with Crippen LogP contribution in [0.2, 0.25) is 0 Å². The summed E-state index contributed by atoms with van der Waals surface area (Å²) in [5, 5.41) is 8.37. The van der Waals surface area contributed by atoms with Crippen LogP contribution in [0.3, 0.4) is 0 Å². The van der Waals surface area contributed by atoms with Crippen LogP contribution in [0.1, 0.15) is 76.6 Å². The molecule has 2 unspecified atom stereocenters. The van der Waals surface area contributed by atoms with Gasteiger partial charge in [-0.1, -0.05) is 13.8 Å². The maximum Gasteiger partial charge on any atom is 0.221 e. The first-order valence-corrected chi connectivity index (χ1v) is 8.19. The minimum Gasteiger partial charge on any atom is -0.352 e. The molecule has 0 amide bonds. The van der Waals surface area contributed by atoms with Crippen molar-refractivity contribution in [1.29, 1.82) is 0 Å². The Kier molecular flexibility index (Phi) is 3.96. The first-order chi connectivity index (χ1) is 9.71. The molecule has 1 saturated carbocycles. The highest BCUT2D eigenvalue weighted by Gasteiger charge is 2.30. The lowest BCUT2D eigenvalue weighted by atomic mass is 9.86. The van der Waals surface area contributed by atoms with E-state index in [1.165, 1.54) is 6.42 Å². The van der Waals surface area contributed by atoms with Crippen molar-refractivity contribution in [3.63, 3.8) is 0 Å². The molecule has 2 aliphatic rings. The van der Waals surface area contributed by atoms with E-state index in [4.69, 9.17) is 15.8 Å². The second kappa shape index (κ2) is 5.72. The summed E-state index contributed by atoms with van der Waals surface area (Å²) in [7, 11) is 0. The Morgan fingerprint density at radius 1 is 1.20 bits per heavy atom. The molecule has 0 bridgehead atoms. The van der Waals surface area contributed by atoms with Crippen molar-refractivity contribution in [3.8, 4) is 0 Å². The SMILES string of the molecule is CCC1CC(CC)n2nc(C3CCC(N)CC3)nc2N1. The van der Waals surface area contributed by atoms with Crippen molar-refractivity contribution in [1.82, 2.24) is 14.8 Å². The molecule has 0 spiro atoms. The molecule has 3 rings (SSSR count). The summed E-state index contributed by atoms with van der Waals surface area (Å²) in [5.41, 5.74) is 5.99. The maximum absolute atomic E-state index is 5.99. The molecule has 2 atom stereocenters. The minimum absolute atomic E-state index is 0.384. The number of rotatable bonds is 3. The normalized spacial score (nSPS) is 33.5. The van der Waals surface area contributed by atoms with E-state index in [1.807, 2.05) is 0 Å².